The Morgan fingerprint density at radius 2 is 1.90 bits per heavy atom. The van der Waals surface area contributed by atoms with E-state index in [2.05, 4.69) is 27.3 Å². The number of hydrogen-bond acceptors (Lipinski definition) is 2. The van der Waals surface area contributed by atoms with Crippen molar-refractivity contribution in [2.24, 2.45) is 11.7 Å². The van der Waals surface area contributed by atoms with Crippen LogP contribution in [-0.4, -0.2) is 11.9 Å². The molecule has 1 aliphatic rings. The highest BCUT2D eigenvalue weighted by Gasteiger charge is 2.22. The monoisotopic (exact) mass is 330 g/mol. The molecule has 3 N–H and O–H groups in total. The minimum Gasteiger partial charge on any atom is -0.326 e. The molecule has 3 nitrogen and oxygen atoms in total. The average Bonchev–Trinajstić information content (AvgIpc) is 2.86. The summed E-state index contributed by atoms with van der Waals surface area (Å²) in [5, 5.41) is 5.19. The summed E-state index contributed by atoms with van der Waals surface area (Å²) < 4.78 is 1.05. The average molecular weight is 331 g/mol. The Bertz CT molecular complexity index is 696. The molecule has 2 atom stereocenters. The van der Waals surface area contributed by atoms with Gasteiger partial charge in [0.15, 0.2) is 0 Å². The Hall–Kier alpha value is -1.65. The highest BCUT2D eigenvalue weighted by Crippen LogP contribution is 2.24. The van der Waals surface area contributed by atoms with Crippen LogP contribution in [0.15, 0.2) is 53.0 Å². The van der Waals surface area contributed by atoms with Gasteiger partial charge in [-0.15, -0.1) is 0 Å². The van der Waals surface area contributed by atoms with Crippen LogP contribution in [0.1, 0.15) is 6.42 Å². The molecular weight excluding hydrogens is 316 g/mol. The maximum absolute atomic E-state index is 12.1. The first-order valence-corrected chi connectivity index (χ1v) is 7.35. The number of benzene rings is 2. The Morgan fingerprint density at radius 1 is 1.15 bits per heavy atom. The van der Waals surface area contributed by atoms with E-state index in [1.165, 1.54) is 0 Å². The number of carbonyl (C=O) groups is 1. The van der Waals surface area contributed by atoms with E-state index < -0.39 is 0 Å². The summed E-state index contributed by atoms with van der Waals surface area (Å²) in [6, 6.07) is 12.0. The third kappa shape index (κ3) is 2.76. The van der Waals surface area contributed by atoms with E-state index >= 15 is 0 Å². The fourth-order valence-electron chi connectivity index (χ4n) is 2.45. The van der Waals surface area contributed by atoms with Crippen LogP contribution in [0.5, 0.6) is 0 Å². The molecule has 0 aromatic heterocycles. The molecule has 0 spiro atoms. The molecular formula is C16H15BrN2O. The van der Waals surface area contributed by atoms with Gasteiger partial charge < -0.3 is 11.1 Å². The second kappa shape index (κ2) is 5.38. The highest BCUT2D eigenvalue weighted by atomic mass is 79.9. The lowest BCUT2D eigenvalue weighted by molar-refractivity contribution is -0.118. The van der Waals surface area contributed by atoms with Gasteiger partial charge in [0.2, 0.25) is 5.91 Å². The summed E-state index contributed by atoms with van der Waals surface area (Å²) in [5.74, 6) is -0.115. The molecule has 2 unspecified atom stereocenters. The standard InChI is InChI=1S/C16H15BrN2O/c17-13-4-1-11-9-15(6-3-10(11)7-13)19-16(20)12-2-5-14(18)8-12/h1-7,9,12,14H,8,18H2,(H,19,20). The van der Waals surface area contributed by atoms with Crippen LogP contribution < -0.4 is 11.1 Å². The van der Waals surface area contributed by atoms with Gasteiger partial charge in [-0.1, -0.05) is 40.2 Å². The molecule has 102 valence electrons. The number of rotatable bonds is 2. The van der Waals surface area contributed by atoms with Crippen LogP contribution >= 0.6 is 15.9 Å². The molecule has 1 amide bonds. The summed E-state index contributed by atoms with van der Waals surface area (Å²) in [6.45, 7) is 0. The molecule has 0 saturated carbocycles. The van der Waals surface area contributed by atoms with E-state index in [1.54, 1.807) is 0 Å². The number of nitrogens with two attached hydrogens (primary N) is 1. The number of halogens is 1. The lowest BCUT2D eigenvalue weighted by Crippen LogP contribution is -2.23. The minimum absolute atomic E-state index is 0.000274. The molecule has 0 aliphatic heterocycles. The van der Waals surface area contributed by atoms with Crippen LogP contribution in [0.4, 0.5) is 5.69 Å². The van der Waals surface area contributed by atoms with Crippen LogP contribution in [0, 0.1) is 5.92 Å². The van der Waals surface area contributed by atoms with E-state index in [1.807, 2.05) is 42.5 Å². The smallest absolute Gasteiger partial charge is 0.231 e. The fraction of sp³-hybridized carbons (Fsp3) is 0.188. The number of anilines is 1. The summed E-state index contributed by atoms with van der Waals surface area (Å²) in [4.78, 5) is 12.1. The number of nitrogens with one attached hydrogen (secondary N) is 1. The van der Waals surface area contributed by atoms with Crippen molar-refractivity contribution in [3.8, 4) is 0 Å². The van der Waals surface area contributed by atoms with Crippen LogP contribution in [-0.2, 0) is 4.79 Å². The van der Waals surface area contributed by atoms with E-state index in [0.29, 0.717) is 6.42 Å². The van der Waals surface area contributed by atoms with Crippen molar-refractivity contribution in [2.45, 2.75) is 12.5 Å². The summed E-state index contributed by atoms with van der Waals surface area (Å²) in [7, 11) is 0. The van der Waals surface area contributed by atoms with Crippen molar-refractivity contribution in [2.75, 3.05) is 5.32 Å². The Kier molecular flexibility index (Phi) is 3.59. The predicted molar refractivity (Wildman–Crippen MR) is 85.5 cm³/mol. The molecule has 0 saturated heterocycles. The third-order valence-electron chi connectivity index (χ3n) is 3.52. The molecule has 0 fully saturated rings. The van der Waals surface area contributed by atoms with Gasteiger partial charge in [-0.2, -0.15) is 0 Å². The van der Waals surface area contributed by atoms with Crippen molar-refractivity contribution in [3.63, 3.8) is 0 Å². The van der Waals surface area contributed by atoms with Crippen molar-refractivity contribution in [3.05, 3.63) is 53.0 Å². The largest absolute Gasteiger partial charge is 0.326 e. The van der Waals surface area contributed by atoms with E-state index in [0.717, 1.165) is 20.9 Å². The molecule has 4 heteroatoms. The SMILES string of the molecule is NC1C=CC(C(=O)Nc2ccc3cc(Br)ccc3c2)C1. The maximum atomic E-state index is 12.1. The Labute approximate surface area is 126 Å². The first-order valence-electron chi connectivity index (χ1n) is 6.56. The lowest BCUT2D eigenvalue weighted by Gasteiger charge is -2.11. The van der Waals surface area contributed by atoms with Crippen LogP contribution in [0.25, 0.3) is 10.8 Å². The normalized spacial score (nSPS) is 21.3. The predicted octanol–water partition coefficient (Wildman–Crippen LogP) is 3.44. The quantitative estimate of drug-likeness (QED) is 0.828. The number of amides is 1. The third-order valence-corrected chi connectivity index (χ3v) is 4.02. The molecule has 0 radical (unpaired) electrons. The fourth-order valence-corrected chi connectivity index (χ4v) is 2.83. The molecule has 0 bridgehead atoms. The zero-order chi connectivity index (χ0) is 14.1. The molecule has 3 rings (SSSR count). The van der Waals surface area contributed by atoms with Crippen molar-refractivity contribution in [1.82, 2.24) is 0 Å². The van der Waals surface area contributed by atoms with Crippen molar-refractivity contribution < 1.29 is 4.79 Å². The maximum Gasteiger partial charge on any atom is 0.231 e. The van der Waals surface area contributed by atoms with Crippen LogP contribution in [0.2, 0.25) is 0 Å². The van der Waals surface area contributed by atoms with Gasteiger partial charge in [-0.05, 0) is 41.5 Å². The zero-order valence-electron chi connectivity index (χ0n) is 10.8. The van der Waals surface area contributed by atoms with Gasteiger partial charge in [0.1, 0.15) is 0 Å². The number of carbonyl (C=O) groups excluding carboxylic acids is 1. The molecule has 2 aromatic carbocycles. The minimum atomic E-state index is -0.120. The second-order valence-corrected chi connectivity index (χ2v) is 6.00. The van der Waals surface area contributed by atoms with E-state index in [9.17, 15) is 4.79 Å². The highest BCUT2D eigenvalue weighted by molar-refractivity contribution is 9.10. The van der Waals surface area contributed by atoms with Gasteiger partial charge in [0.25, 0.3) is 0 Å². The van der Waals surface area contributed by atoms with Gasteiger partial charge in [-0.25, -0.2) is 0 Å². The first kappa shape index (κ1) is 13.3. The molecule has 2 aromatic rings. The van der Waals surface area contributed by atoms with Crippen LogP contribution in [0.3, 0.4) is 0 Å². The molecule has 0 heterocycles. The van der Waals surface area contributed by atoms with Crippen molar-refractivity contribution >= 4 is 38.3 Å². The second-order valence-electron chi connectivity index (χ2n) is 5.09. The topological polar surface area (TPSA) is 55.1 Å². The number of fused-ring (bicyclic) bond motifs is 1. The summed E-state index contributed by atoms with van der Waals surface area (Å²) >= 11 is 3.45. The zero-order valence-corrected chi connectivity index (χ0v) is 12.4. The lowest BCUT2D eigenvalue weighted by atomic mass is 10.1. The van der Waals surface area contributed by atoms with Gasteiger partial charge in [0.05, 0.1) is 5.92 Å². The summed E-state index contributed by atoms with van der Waals surface area (Å²) in [6.07, 6.45) is 4.46. The van der Waals surface area contributed by atoms with Gasteiger partial charge in [-0.3, -0.25) is 4.79 Å². The Morgan fingerprint density at radius 3 is 2.65 bits per heavy atom. The first-order chi connectivity index (χ1) is 9.61. The Balaban J connectivity index is 1.79. The summed E-state index contributed by atoms with van der Waals surface area (Å²) in [5.41, 5.74) is 6.59. The van der Waals surface area contributed by atoms with E-state index in [4.69, 9.17) is 5.73 Å². The van der Waals surface area contributed by atoms with E-state index in [-0.39, 0.29) is 17.9 Å². The van der Waals surface area contributed by atoms with Gasteiger partial charge >= 0.3 is 0 Å². The number of hydrogen-bond donors (Lipinski definition) is 2. The molecule has 1 aliphatic carbocycles. The van der Waals surface area contributed by atoms with Gasteiger partial charge in [0, 0.05) is 16.2 Å². The van der Waals surface area contributed by atoms with Crippen molar-refractivity contribution in [1.29, 1.82) is 0 Å². The molecule has 20 heavy (non-hydrogen) atoms.